The molecule has 0 fully saturated rings. The molecule has 0 saturated carbocycles. The van der Waals surface area contributed by atoms with E-state index in [0.717, 1.165) is 0 Å². The van der Waals surface area contributed by atoms with Crippen molar-refractivity contribution in [3.8, 4) is 0 Å². The number of halogens is 1. The lowest BCUT2D eigenvalue weighted by atomic mass is 11.1. The Labute approximate surface area is 47.8 Å². The summed E-state index contributed by atoms with van der Waals surface area (Å²) in [6, 6.07) is -0.495. The summed E-state index contributed by atoms with van der Waals surface area (Å²) in [5.41, 5.74) is 4.54. The summed E-state index contributed by atoms with van der Waals surface area (Å²) < 4.78 is 0. The van der Waals surface area contributed by atoms with Crippen molar-refractivity contribution in [1.82, 2.24) is 5.32 Å². The molecule has 0 heterocycles. The number of primary amides is 1. The first-order valence-electron chi connectivity index (χ1n) is 1.24. The molecule has 0 aliphatic carbocycles. The predicted octanol–water partition coefficient (Wildman–Crippen LogP) is -1.12. The Bertz CT molecular complexity index is 49.0. The van der Waals surface area contributed by atoms with Crippen LogP contribution in [0.3, 0.4) is 0 Å². The normalized spacial score (nSPS) is 4.71. The Morgan fingerprint density at radius 3 is 1.86 bits per heavy atom. The van der Waals surface area contributed by atoms with E-state index in [1.165, 1.54) is 7.05 Å². The van der Waals surface area contributed by atoms with Crippen LogP contribution in [0.1, 0.15) is 0 Å². The summed E-state index contributed by atoms with van der Waals surface area (Å²) in [7, 11) is 1.47. The van der Waals surface area contributed by atoms with Crippen molar-refractivity contribution in [3.63, 3.8) is 0 Å². The smallest absolute Gasteiger partial charge is 0.311 e. The summed E-state index contributed by atoms with van der Waals surface area (Å²) in [5.74, 6) is 0. The van der Waals surface area contributed by atoms with Gasteiger partial charge in [0, 0.05) is 7.05 Å². The summed E-state index contributed by atoms with van der Waals surface area (Å²) in [6.45, 7) is 0. The molecule has 0 atom stereocenters. The second kappa shape index (κ2) is 9.10. The van der Waals surface area contributed by atoms with Gasteiger partial charge in [-0.3, -0.25) is 0 Å². The highest BCUT2D eigenvalue weighted by Gasteiger charge is 1.72. The van der Waals surface area contributed by atoms with Crippen LogP contribution in [0, 0.1) is 0 Å². The van der Waals surface area contributed by atoms with Crippen LogP contribution in [0.5, 0.6) is 0 Å². The molecule has 0 radical (unpaired) electrons. The number of hydrogen-bond donors (Lipinski definition) is 2. The SMILES string of the molecule is CNC(N)=O.Cl.O. The molecule has 5 N–H and O–H groups in total. The zero-order valence-electron chi connectivity index (χ0n) is 3.89. The number of nitrogens with one attached hydrogen (secondary N) is 1. The minimum atomic E-state index is -0.495. The molecule has 0 unspecified atom stereocenters. The first-order chi connectivity index (χ1) is 2.27. The van der Waals surface area contributed by atoms with Crippen molar-refractivity contribution in [3.05, 3.63) is 0 Å². The summed E-state index contributed by atoms with van der Waals surface area (Å²) in [6.07, 6.45) is 0. The third kappa shape index (κ3) is 29.6. The van der Waals surface area contributed by atoms with E-state index in [1.54, 1.807) is 0 Å². The topological polar surface area (TPSA) is 86.6 Å². The standard InChI is InChI=1S/C2H6N2O.ClH.H2O/c1-4-2(3)5;;/h1H3,(H3,3,4,5);1H;1H2. The molecule has 46 valence electrons. The summed E-state index contributed by atoms with van der Waals surface area (Å²) in [5, 5.41) is 2.17. The molecule has 0 aliphatic heterocycles. The highest BCUT2D eigenvalue weighted by atomic mass is 35.5. The van der Waals surface area contributed by atoms with Crippen molar-refractivity contribution < 1.29 is 10.3 Å². The molecular formula is C2H9ClN2O2. The minimum absolute atomic E-state index is 0. The van der Waals surface area contributed by atoms with E-state index in [9.17, 15) is 4.79 Å². The van der Waals surface area contributed by atoms with Crippen LogP contribution < -0.4 is 11.1 Å². The average molecular weight is 129 g/mol. The molecule has 0 aromatic rings. The fourth-order valence-electron chi connectivity index (χ4n) is 0. The highest BCUT2D eigenvalue weighted by molar-refractivity contribution is 5.85. The minimum Gasteiger partial charge on any atom is -0.412 e. The highest BCUT2D eigenvalue weighted by Crippen LogP contribution is 1.38. The lowest BCUT2D eigenvalue weighted by molar-refractivity contribution is 0.251. The number of hydrogen-bond acceptors (Lipinski definition) is 1. The van der Waals surface area contributed by atoms with Gasteiger partial charge in [0.2, 0.25) is 0 Å². The Hall–Kier alpha value is -0.480. The van der Waals surface area contributed by atoms with Gasteiger partial charge in [0.05, 0.1) is 0 Å². The monoisotopic (exact) mass is 128 g/mol. The van der Waals surface area contributed by atoms with Gasteiger partial charge >= 0.3 is 6.03 Å². The van der Waals surface area contributed by atoms with Gasteiger partial charge in [0.15, 0.2) is 0 Å². The Balaban J connectivity index is -0.0000000800. The lowest BCUT2D eigenvalue weighted by Crippen LogP contribution is -2.24. The van der Waals surface area contributed by atoms with E-state index in [2.05, 4.69) is 11.1 Å². The molecule has 4 nitrogen and oxygen atoms in total. The van der Waals surface area contributed by atoms with Crippen LogP contribution in [-0.4, -0.2) is 18.6 Å². The van der Waals surface area contributed by atoms with Crippen molar-refractivity contribution in [2.45, 2.75) is 0 Å². The van der Waals surface area contributed by atoms with E-state index < -0.39 is 6.03 Å². The number of urea groups is 1. The van der Waals surface area contributed by atoms with Crippen molar-refractivity contribution in [1.29, 1.82) is 0 Å². The Morgan fingerprint density at radius 1 is 1.71 bits per heavy atom. The second-order valence-electron chi connectivity index (χ2n) is 0.614. The third-order valence-corrected chi connectivity index (χ3v) is 0.246. The second-order valence-corrected chi connectivity index (χ2v) is 0.614. The van der Waals surface area contributed by atoms with E-state index in [1.807, 2.05) is 0 Å². The summed E-state index contributed by atoms with van der Waals surface area (Å²) >= 11 is 0. The van der Waals surface area contributed by atoms with Crippen LogP contribution in [-0.2, 0) is 0 Å². The van der Waals surface area contributed by atoms with Gasteiger partial charge in [0.25, 0.3) is 0 Å². The molecule has 7 heavy (non-hydrogen) atoms. The van der Waals surface area contributed by atoms with Crippen molar-refractivity contribution in [2.75, 3.05) is 7.05 Å². The molecular weight excluding hydrogens is 119 g/mol. The third-order valence-electron chi connectivity index (χ3n) is 0.246. The Morgan fingerprint density at radius 2 is 1.86 bits per heavy atom. The van der Waals surface area contributed by atoms with Crippen LogP contribution >= 0.6 is 12.4 Å². The van der Waals surface area contributed by atoms with Crippen LogP contribution in [0.25, 0.3) is 0 Å². The molecule has 0 bridgehead atoms. The van der Waals surface area contributed by atoms with Gasteiger partial charge in [-0.15, -0.1) is 12.4 Å². The number of carbonyl (C=O) groups is 1. The van der Waals surface area contributed by atoms with Crippen LogP contribution in [0.2, 0.25) is 0 Å². The fraction of sp³-hybridized carbons (Fsp3) is 0.500. The van der Waals surface area contributed by atoms with E-state index >= 15 is 0 Å². The van der Waals surface area contributed by atoms with Gasteiger partial charge in [0.1, 0.15) is 0 Å². The van der Waals surface area contributed by atoms with Crippen LogP contribution in [0.15, 0.2) is 0 Å². The predicted molar refractivity (Wildman–Crippen MR) is 29.5 cm³/mol. The van der Waals surface area contributed by atoms with Crippen molar-refractivity contribution >= 4 is 18.4 Å². The molecule has 0 rings (SSSR count). The maximum atomic E-state index is 9.48. The fourth-order valence-corrected chi connectivity index (χ4v) is 0. The van der Waals surface area contributed by atoms with Gasteiger partial charge < -0.3 is 16.5 Å². The maximum Gasteiger partial charge on any atom is 0.311 e. The van der Waals surface area contributed by atoms with E-state index in [0.29, 0.717) is 0 Å². The number of rotatable bonds is 0. The zero-order chi connectivity index (χ0) is 4.28. The van der Waals surface area contributed by atoms with Crippen LogP contribution in [0.4, 0.5) is 4.79 Å². The largest absolute Gasteiger partial charge is 0.412 e. The van der Waals surface area contributed by atoms with Gasteiger partial charge in [-0.1, -0.05) is 0 Å². The molecule has 0 aliphatic rings. The average Bonchev–Trinajstić information content (AvgIpc) is 1.38. The summed E-state index contributed by atoms with van der Waals surface area (Å²) in [4.78, 5) is 9.48. The first kappa shape index (κ1) is 16.0. The van der Waals surface area contributed by atoms with Gasteiger partial charge in [-0.05, 0) is 0 Å². The first-order valence-corrected chi connectivity index (χ1v) is 1.24. The molecule has 5 heteroatoms. The van der Waals surface area contributed by atoms with E-state index in [-0.39, 0.29) is 17.9 Å². The van der Waals surface area contributed by atoms with E-state index in [4.69, 9.17) is 0 Å². The quantitative estimate of drug-likeness (QED) is 0.426. The Kier molecular flexibility index (Phi) is 20.8. The molecule has 0 aromatic heterocycles. The van der Waals surface area contributed by atoms with Crippen molar-refractivity contribution in [2.24, 2.45) is 5.73 Å². The lowest BCUT2D eigenvalue weighted by Gasteiger charge is -1.80. The zero-order valence-corrected chi connectivity index (χ0v) is 4.71. The van der Waals surface area contributed by atoms with Gasteiger partial charge in [-0.2, -0.15) is 0 Å². The molecule has 0 spiro atoms. The number of nitrogens with two attached hydrogens (primary N) is 1. The molecule has 0 aromatic carbocycles. The molecule has 2 amide bonds. The number of carbonyl (C=O) groups excluding carboxylic acids is 1. The maximum absolute atomic E-state index is 9.48. The number of amides is 2. The van der Waals surface area contributed by atoms with Gasteiger partial charge in [-0.25, -0.2) is 4.79 Å². The molecule has 0 saturated heterocycles.